The van der Waals surface area contributed by atoms with E-state index in [1.807, 2.05) is 32.0 Å². The number of hydrogen-bond donors (Lipinski definition) is 1. The van der Waals surface area contributed by atoms with Crippen LogP contribution in [0.2, 0.25) is 5.02 Å². The highest BCUT2D eigenvalue weighted by atomic mass is 35.5. The zero-order valence-electron chi connectivity index (χ0n) is 14.0. The molecule has 0 atom stereocenters. The van der Waals surface area contributed by atoms with Crippen LogP contribution in [0.15, 0.2) is 36.4 Å². The summed E-state index contributed by atoms with van der Waals surface area (Å²) in [6, 6.07) is 10.6. The number of ether oxygens (including phenoxy) is 1. The number of carbonyl (C=O) groups is 2. The van der Waals surface area contributed by atoms with Gasteiger partial charge in [0.25, 0.3) is 5.91 Å². The summed E-state index contributed by atoms with van der Waals surface area (Å²) in [7, 11) is 0. The molecule has 5 heteroatoms. The predicted octanol–water partition coefficient (Wildman–Crippen LogP) is 4.57. The highest BCUT2D eigenvalue weighted by molar-refractivity contribution is 6.31. The Kier molecular flexibility index (Phi) is 5.99. The third-order valence-electron chi connectivity index (χ3n) is 3.43. The Hall–Kier alpha value is -2.33. The summed E-state index contributed by atoms with van der Waals surface area (Å²) < 4.78 is 5.52. The Morgan fingerprint density at radius 2 is 1.75 bits per heavy atom. The molecule has 0 aromatic heterocycles. The van der Waals surface area contributed by atoms with Crippen molar-refractivity contribution in [1.82, 2.24) is 0 Å². The summed E-state index contributed by atoms with van der Waals surface area (Å²) in [5.41, 5.74) is 3.26. The van der Waals surface area contributed by atoms with Crippen LogP contribution in [0.4, 0.5) is 5.69 Å². The Morgan fingerprint density at radius 1 is 1.08 bits per heavy atom. The molecule has 2 rings (SSSR count). The second-order valence-corrected chi connectivity index (χ2v) is 6.07. The highest BCUT2D eigenvalue weighted by Gasteiger charge is 2.13. The van der Waals surface area contributed by atoms with E-state index in [0.717, 1.165) is 16.8 Å². The monoisotopic (exact) mass is 345 g/mol. The van der Waals surface area contributed by atoms with Gasteiger partial charge >= 0.3 is 0 Å². The smallest absolute Gasteiger partial charge is 0.262 e. The fourth-order valence-electron chi connectivity index (χ4n) is 2.42. The minimum Gasteiger partial charge on any atom is -0.483 e. The highest BCUT2D eigenvalue weighted by Crippen LogP contribution is 2.24. The van der Waals surface area contributed by atoms with Gasteiger partial charge in [-0.3, -0.25) is 9.59 Å². The third kappa shape index (κ3) is 4.83. The summed E-state index contributed by atoms with van der Waals surface area (Å²) in [4.78, 5) is 24.0. The molecule has 0 saturated carbocycles. The summed E-state index contributed by atoms with van der Waals surface area (Å²) >= 11 is 5.93. The molecule has 0 unspecified atom stereocenters. The molecule has 0 aliphatic carbocycles. The van der Waals surface area contributed by atoms with Crippen LogP contribution in [0, 0.1) is 13.8 Å². The van der Waals surface area contributed by atoms with E-state index in [1.54, 1.807) is 25.1 Å². The largest absolute Gasteiger partial charge is 0.483 e. The van der Waals surface area contributed by atoms with Crippen molar-refractivity contribution in [2.75, 3.05) is 11.9 Å². The van der Waals surface area contributed by atoms with Gasteiger partial charge in [0.1, 0.15) is 5.75 Å². The maximum absolute atomic E-state index is 12.1. The van der Waals surface area contributed by atoms with E-state index >= 15 is 0 Å². The maximum Gasteiger partial charge on any atom is 0.262 e. The van der Waals surface area contributed by atoms with Crippen LogP contribution in [-0.2, 0) is 4.79 Å². The van der Waals surface area contributed by atoms with Crippen LogP contribution in [0.3, 0.4) is 0 Å². The molecule has 0 aliphatic heterocycles. The number of amides is 1. The van der Waals surface area contributed by atoms with Crippen molar-refractivity contribution in [1.29, 1.82) is 0 Å². The van der Waals surface area contributed by atoms with Crippen LogP contribution in [0.25, 0.3) is 0 Å². The Bertz CT molecular complexity index is 751. The lowest BCUT2D eigenvalue weighted by molar-refractivity contribution is -0.118. The van der Waals surface area contributed by atoms with E-state index in [9.17, 15) is 9.59 Å². The van der Waals surface area contributed by atoms with Gasteiger partial charge in [0.2, 0.25) is 0 Å². The number of aryl methyl sites for hydroxylation is 2. The minimum absolute atomic E-state index is 0.0813. The first kappa shape index (κ1) is 18.0. The molecule has 0 saturated heterocycles. The second-order valence-electron chi connectivity index (χ2n) is 5.63. The van der Waals surface area contributed by atoms with Gasteiger partial charge in [0.05, 0.1) is 5.56 Å². The summed E-state index contributed by atoms with van der Waals surface area (Å²) in [6.07, 6.45) is 0.339. The molecule has 2 aromatic rings. The Balaban J connectivity index is 2.05. The van der Waals surface area contributed by atoms with Crippen molar-refractivity contribution in [3.05, 3.63) is 58.1 Å². The van der Waals surface area contributed by atoms with Crippen LogP contribution in [-0.4, -0.2) is 18.3 Å². The number of anilines is 1. The van der Waals surface area contributed by atoms with E-state index in [2.05, 4.69) is 5.32 Å². The number of nitrogens with one attached hydrogen (secondary N) is 1. The number of Topliss-reactive ketones (excluding diaryl/α,β-unsaturated/α-hetero) is 1. The Labute approximate surface area is 146 Å². The molecule has 0 aliphatic rings. The topological polar surface area (TPSA) is 55.4 Å². The van der Waals surface area contributed by atoms with Gasteiger partial charge in [-0.05, 0) is 55.3 Å². The zero-order valence-corrected chi connectivity index (χ0v) is 14.7. The van der Waals surface area contributed by atoms with Crippen LogP contribution in [0.5, 0.6) is 5.75 Å². The van der Waals surface area contributed by atoms with Crippen molar-refractivity contribution in [2.24, 2.45) is 0 Å². The lowest BCUT2D eigenvalue weighted by Gasteiger charge is -2.12. The molecule has 0 heterocycles. The predicted molar refractivity (Wildman–Crippen MR) is 96.1 cm³/mol. The Morgan fingerprint density at radius 3 is 2.38 bits per heavy atom. The van der Waals surface area contributed by atoms with Crippen LogP contribution in [0.1, 0.15) is 34.8 Å². The second kappa shape index (κ2) is 7.97. The molecular weight excluding hydrogens is 326 g/mol. The fraction of sp³-hybridized carbons (Fsp3) is 0.263. The molecule has 0 spiro atoms. The van der Waals surface area contributed by atoms with Gasteiger partial charge in [-0.15, -0.1) is 0 Å². The van der Waals surface area contributed by atoms with E-state index in [4.69, 9.17) is 16.3 Å². The van der Waals surface area contributed by atoms with Crippen molar-refractivity contribution in [3.8, 4) is 5.75 Å². The first-order chi connectivity index (χ1) is 11.4. The maximum atomic E-state index is 12.1. The van der Waals surface area contributed by atoms with Gasteiger partial charge in [0.15, 0.2) is 12.4 Å². The average molecular weight is 346 g/mol. The van der Waals surface area contributed by atoms with Gasteiger partial charge in [0, 0.05) is 17.1 Å². The minimum atomic E-state index is -0.287. The number of benzene rings is 2. The summed E-state index contributed by atoms with van der Waals surface area (Å²) in [5.74, 6) is -0.00566. The van der Waals surface area contributed by atoms with Crippen molar-refractivity contribution in [3.63, 3.8) is 0 Å². The number of rotatable bonds is 6. The average Bonchev–Trinajstić information content (AvgIpc) is 2.51. The van der Waals surface area contributed by atoms with Crippen molar-refractivity contribution in [2.45, 2.75) is 27.2 Å². The molecule has 24 heavy (non-hydrogen) atoms. The van der Waals surface area contributed by atoms with Gasteiger partial charge in [-0.2, -0.15) is 0 Å². The SMILES string of the molecule is CCC(=O)c1cc(Cl)ccc1OCC(=O)Nc1cc(C)cc(C)c1. The molecule has 126 valence electrons. The van der Waals surface area contributed by atoms with E-state index in [-0.39, 0.29) is 18.3 Å². The molecule has 0 bridgehead atoms. The molecular formula is C19H20ClNO3. The standard InChI is InChI=1S/C19H20ClNO3/c1-4-17(22)16-10-14(20)5-6-18(16)24-11-19(23)21-15-8-12(2)7-13(3)9-15/h5-10H,4,11H2,1-3H3,(H,21,23). The molecule has 1 N–H and O–H groups in total. The third-order valence-corrected chi connectivity index (χ3v) is 3.66. The first-order valence-corrected chi connectivity index (χ1v) is 8.10. The number of hydrogen-bond acceptors (Lipinski definition) is 3. The summed E-state index contributed by atoms with van der Waals surface area (Å²) in [5, 5.41) is 3.25. The lowest BCUT2D eigenvalue weighted by atomic mass is 10.1. The van der Waals surface area contributed by atoms with Crippen LogP contribution >= 0.6 is 11.6 Å². The zero-order chi connectivity index (χ0) is 17.7. The van der Waals surface area contributed by atoms with E-state index in [1.165, 1.54) is 0 Å². The fourth-order valence-corrected chi connectivity index (χ4v) is 2.60. The molecule has 1 amide bonds. The van der Waals surface area contributed by atoms with E-state index in [0.29, 0.717) is 22.8 Å². The van der Waals surface area contributed by atoms with Gasteiger partial charge in [-0.25, -0.2) is 0 Å². The number of halogens is 1. The van der Waals surface area contributed by atoms with Gasteiger partial charge in [-0.1, -0.05) is 24.6 Å². The van der Waals surface area contributed by atoms with Gasteiger partial charge < -0.3 is 10.1 Å². The molecule has 0 fully saturated rings. The number of ketones is 1. The molecule has 2 aromatic carbocycles. The summed E-state index contributed by atoms with van der Waals surface area (Å²) in [6.45, 7) is 5.52. The van der Waals surface area contributed by atoms with Crippen molar-refractivity contribution >= 4 is 29.0 Å². The van der Waals surface area contributed by atoms with Crippen LogP contribution < -0.4 is 10.1 Å². The molecule has 4 nitrogen and oxygen atoms in total. The van der Waals surface area contributed by atoms with E-state index < -0.39 is 0 Å². The van der Waals surface area contributed by atoms with Crippen molar-refractivity contribution < 1.29 is 14.3 Å². The quantitative estimate of drug-likeness (QED) is 0.780. The number of carbonyl (C=O) groups excluding carboxylic acids is 2. The first-order valence-electron chi connectivity index (χ1n) is 7.72. The lowest BCUT2D eigenvalue weighted by Crippen LogP contribution is -2.21. The normalized spacial score (nSPS) is 10.3. The molecule has 0 radical (unpaired) electrons.